The number of imidazole rings is 1. The minimum atomic E-state index is 0.633. The van der Waals surface area contributed by atoms with Crippen molar-refractivity contribution in [3.63, 3.8) is 0 Å². The molecule has 0 spiro atoms. The van der Waals surface area contributed by atoms with E-state index in [2.05, 4.69) is 32.8 Å². The summed E-state index contributed by atoms with van der Waals surface area (Å²) in [6.07, 6.45) is 9.35. The molecule has 2 aliphatic rings. The van der Waals surface area contributed by atoms with Crippen molar-refractivity contribution < 1.29 is 0 Å². The Labute approximate surface area is 107 Å². The lowest BCUT2D eigenvalue weighted by atomic mass is 9.98. The number of aryl methyl sites for hydroxylation is 1. The molecular weight excluding hydrogens is 230 g/mol. The SMILES string of the molecule is c1cn2c(n1)C(CNC1CCSCC1)CCC2. The summed E-state index contributed by atoms with van der Waals surface area (Å²) in [5.74, 6) is 4.59. The maximum Gasteiger partial charge on any atom is 0.113 e. The summed E-state index contributed by atoms with van der Waals surface area (Å²) >= 11 is 2.09. The van der Waals surface area contributed by atoms with Gasteiger partial charge in [0.05, 0.1) is 0 Å². The van der Waals surface area contributed by atoms with Crippen LogP contribution in [0.1, 0.15) is 37.4 Å². The fraction of sp³-hybridized carbons (Fsp3) is 0.769. The van der Waals surface area contributed by atoms with E-state index >= 15 is 0 Å². The monoisotopic (exact) mass is 251 g/mol. The number of rotatable bonds is 3. The van der Waals surface area contributed by atoms with Gasteiger partial charge in [0.1, 0.15) is 5.82 Å². The maximum absolute atomic E-state index is 4.52. The Morgan fingerprint density at radius 1 is 1.35 bits per heavy atom. The topological polar surface area (TPSA) is 29.9 Å². The molecule has 2 aliphatic heterocycles. The smallest absolute Gasteiger partial charge is 0.113 e. The Morgan fingerprint density at radius 2 is 2.24 bits per heavy atom. The van der Waals surface area contributed by atoms with Gasteiger partial charge in [-0.2, -0.15) is 11.8 Å². The van der Waals surface area contributed by atoms with Crippen molar-refractivity contribution >= 4 is 11.8 Å². The van der Waals surface area contributed by atoms with E-state index in [4.69, 9.17) is 0 Å². The van der Waals surface area contributed by atoms with Gasteiger partial charge in [0, 0.05) is 37.4 Å². The molecular formula is C13H21N3S. The Hall–Kier alpha value is -0.480. The molecule has 0 amide bonds. The lowest BCUT2D eigenvalue weighted by molar-refractivity contribution is 0.390. The third kappa shape index (κ3) is 2.68. The second-order valence-corrected chi connectivity index (χ2v) is 6.34. The van der Waals surface area contributed by atoms with E-state index in [1.165, 1.54) is 43.0 Å². The first-order valence-electron chi connectivity index (χ1n) is 6.75. The highest BCUT2D eigenvalue weighted by molar-refractivity contribution is 7.99. The molecule has 1 N–H and O–H groups in total. The van der Waals surface area contributed by atoms with Crippen LogP contribution in [0.2, 0.25) is 0 Å². The molecule has 1 fully saturated rings. The number of thioether (sulfide) groups is 1. The first-order valence-corrected chi connectivity index (χ1v) is 7.91. The Bertz CT molecular complexity index is 357. The normalized spacial score (nSPS) is 25.8. The summed E-state index contributed by atoms with van der Waals surface area (Å²) in [4.78, 5) is 4.52. The number of hydrogen-bond acceptors (Lipinski definition) is 3. The number of hydrogen-bond donors (Lipinski definition) is 1. The van der Waals surface area contributed by atoms with Crippen molar-refractivity contribution in [1.82, 2.24) is 14.9 Å². The fourth-order valence-corrected chi connectivity index (χ4v) is 4.02. The molecule has 3 nitrogen and oxygen atoms in total. The molecule has 17 heavy (non-hydrogen) atoms. The lowest BCUT2D eigenvalue weighted by Crippen LogP contribution is -2.36. The third-order valence-electron chi connectivity index (χ3n) is 3.94. The quantitative estimate of drug-likeness (QED) is 0.893. The summed E-state index contributed by atoms with van der Waals surface area (Å²) in [6.45, 7) is 2.28. The third-order valence-corrected chi connectivity index (χ3v) is 4.99. The maximum atomic E-state index is 4.52. The van der Waals surface area contributed by atoms with E-state index in [0.29, 0.717) is 5.92 Å². The van der Waals surface area contributed by atoms with Gasteiger partial charge >= 0.3 is 0 Å². The predicted molar refractivity (Wildman–Crippen MR) is 72.6 cm³/mol. The molecule has 0 aliphatic carbocycles. The number of nitrogens with one attached hydrogen (secondary N) is 1. The zero-order valence-electron chi connectivity index (χ0n) is 10.3. The molecule has 0 saturated carbocycles. The van der Waals surface area contributed by atoms with Crippen molar-refractivity contribution in [2.45, 2.75) is 44.2 Å². The van der Waals surface area contributed by atoms with Crippen LogP contribution in [0.5, 0.6) is 0 Å². The van der Waals surface area contributed by atoms with Crippen LogP contribution in [0, 0.1) is 0 Å². The van der Waals surface area contributed by atoms with E-state index in [0.717, 1.165) is 19.1 Å². The van der Waals surface area contributed by atoms with E-state index in [9.17, 15) is 0 Å². The van der Waals surface area contributed by atoms with Gasteiger partial charge in [-0.05, 0) is 37.2 Å². The molecule has 1 saturated heterocycles. The second-order valence-electron chi connectivity index (χ2n) is 5.11. The molecule has 94 valence electrons. The van der Waals surface area contributed by atoms with Gasteiger partial charge in [0.2, 0.25) is 0 Å². The highest BCUT2D eigenvalue weighted by Gasteiger charge is 2.22. The first-order chi connectivity index (χ1) is 8.43. The molecule has 1 aromatic rings. The average molecular weight is 251 g/mol. The largest absolute Gasteiger partial charge is 0.335 e. The van der Waals surface area contributed by atoms with Gasteiger partial charge in [0.25, 0.3) is 0 Å². The van der Waals surface area contributed by atoms with Gasteiger partial charge < -0.3 is 9.88 Å². The Balaban J connectivity index is 1.56. The van der Waals surface area contributed by atoms with Gasteiger partial charge in [-0.25, -0.2) is 4.98 Å². The number of nitrogens with zero attached hydrogens (tertiary/aromatic N) is 2. The molecule has 1 unspecified atom stereocenters. The van der Waals surface area contributed by atoms with Crippen molar-refractivity contribution in [3.8, 4) is 0 Å². The summed E-state index contributed by atoms with van der Waals surface area (Å²) < 4.78 is 2.33. The first kappa shape index (κ1) is 11.6. The minimum absolute atomic E-state index is 0.633. The van der Waals surface area contributed by atoms with Crippen LogP contribution in [0.3, 0.4) is 0 Å². The molecule has 0 aromatic carbocycles. The van der Waals surface area contributed by atoms with Gasteiger partial charge in [0.15, 0.2) is 0 Å². The van der Waals surface area contributed by atoms with E-state index < -0.39 is 0 Å². The molecule has 3 rings (SSSR count). The van der Waals surface area contributed by atoms with Crippen LogP contribution in [0.15, 0.2) is 12.4 Å². The zero-order valence-corrected chi connectivity index (χ0v) is 11.1. The van der Waals surface area contributed by atoms with Crippen LogP contribution in [-0.2, 0) is 6.54 Å². The molecule has 0 bridgehead atoms. The van der Waals surface area contributed by atoms with Gasteiger partial charge in [-0.1, -0.05) is 0 Å². The molecule has 0 radical (unpaired) electrons. The van der Waals surface area contributed by atoms with Crippen molar-refractivity contribution in [3.05, 3.63) is 18.2 Å². The average Bonchev–Trinajstić information content (AvgIpc) is 2.86. The minimum Gasteiger partial charge on any atom is -0.335 e. The van der Waals surface area contributed by atoms with E-state index in [1.54, 1.807) is 0 Å². The van der Waals surface area contributed by atoms with Crippen molar-refractivity contribution in [1.29, 1.82) is 0 Å². The molecule has 1 aromatic heterocycles. The molecule has 1 atom stereocenters. The summed E-state index contributed by atoms with van der Waals surface area (Å²) in [5.41, 5.74) is 0. The van der Waals surface area contributed by atoms with Crippen LogP contribution in [0.4, 0.5) is 0 Å². The number of fused-ring (bicyclic) bond motifs is 1. The van der Waals surface area contributed by atoms with Crippen LogP contribution >= 0.6 is 11.8 Å². The molecule has 3 heterocycles. The van der Waals surface area contributed by atoms with Crippen molar-refractivity contribution in [2.24, 2.45) is 0 Å². The summed E-state index contributed by atoms with van der Waals surface area (Å²) in [7, 11) is 0. The van der Waals surface area contributed by atoms with Crippen molar-refractivity contribution in [2.75, 3.05) is 18.1 Å². The fourth-order valence-electron chi connectivity index (χ4n) is 2.91. The summed E-state index contributed by atoms with van der Waals surface area (Å²) in [6, 6.07) is 0.751. The van der Waals surface area contributed by atoms with Gasteiger partial charge in [-0.15, -0.1) is 0 Å². The van der Waals surface area contributed by atoms with E-state index in [-0.39, 0.29) is 0 Å². The van der Waals surface area contributed by atoms with E-state index in [1.807, 2.05) is 6.20 Å². The Morgan fingerprint density at radius 3 is 3.12 bits per heavy atom. The Kier molecular flexibility index (Phi) is 3.71. The lowest BCUT2D eigenvalue weighted by Gasteiger charge is -2.28. The molecule has 4 heteroatoms. The zero-order chi connectivity index (χ0) is 11.5. The van der Waals surface area contributed by atoms with Crippen LogP contribution < -0.4 is 5.32 Å². The second kappa shape index (κ2) is 5.44. The van der Waals surface area contributed by atoms with Gasteiger partial charge in [-0.3, -0.25) is 0 Å². The van der Waals surface area contributed by atoms with Crippen LogP contribution in [0.25, 0.3) is 0 Å². The number of aromatic nitrogens is 2. The predicted octanol–water partition coefficient (Wildman–Crippen LogP) is 2.25. The highest BCUT2D eigenvalue weighted by Crippen LogP contribution is 2.25. The highest BCUT2D eigenvalue weighted by atomic mass is 32.2. The summed E-state index contributed by atoms with van der Waals surface area (Å²) in [5, 5.41) is 3.76. The van der Waals surface area contributed by atoms with Crippen LogP contribution in [-0.4, -0.2) is 33.6 Å². The standard InChI is InChI=1S/C13H21N3S/c1-2-11(13-14-5-7-16(13)6-1)10-15-12-3-8-17-9-4-12/h5,7,11-12,15H,1-4,6,8-10H2.